The number of nitrogens with one attached hydrogen (secondary N) is 1. The number of hydrogen-bond acceptors (Lipinski definition) is 3. The lowest BCUT2D eigenvalue weighted by molar-refractivity contribution is 0.984. The second-order valence-electron chi connectivity index (χ2n) is 4.17. The Balaban J connectivity index is 2.55. The molecular weight excluding hydrogens is 361 g/mol. The standard InChI is InChI=1S/C14H14BrCl2N3/c1-3-11-12(15)14(18-4-2)20-13(19-11)8-5-6-9(16)10(17)7-8/h5-7H,3-4H2,1-2H3,(H,18,19,20). The molecule has 0 aliphatic carbocycles. The molecule has 0 saturated heterocycles. The van der Waals surface area contributed by atoms with Crippen molar-refractivity contribution >= 4 is 44.9 Å². The van der Waals surface area contributed by atoms with Crippen LogP contribution in [0.1, 0.15) is 19.5 Å². The lowest BCUT2D eigenvalue weighted by Gasteiger charge is -2.11. The third-order valence-corrected chi connectivity index (χ3v) is 4.35. The summed E-state index contributed by atoms with van der Waals surface area (Å²) in [5.41, 5.74) is 1.80. The Kier molecular flexibility index (Phi) is 5.24. The minimum atomic E-state index is 0.499. The van der Waals surface area contributed by atoms with Crippen molar-refractivity contribution in [2.24, 2.45) is 0 Å². The summed E-state index contributed by atoms with van der Waals surface area (Å²) >= 11 is 15.5. The molecule has 0 unspecified atom stereocenters. The Morgan fingerprint density at radius 1 is 1.15 bits per heavy atom. The van der Waals surface area contributed by atoms with Crippen molar-refractivity contribution in [1.29, 1.82) is 0 Å². The van der Waals surface area contributed by atoms with Crippen molar-refractivity contribution in [3.8, 4) is 11.4 Å². The Labute approximate surface area is 136 Å². The van der Waals surface area contributed by atoms with Gasteiger partial charge in [-0.2, -0.15) is 0 Å². The summed E-state index contributed by atoms with van der Waals surface area (Å²) in [6, 6.07) is 5.40. The number of anilines is 1. The zero-order valence-corrected chi connectivity index (χ0v) is 14.3. The molecule has 0 radical (unpaired) electrons. The predicted molar refractivity (Wildman–Crippen MR) is 88.7 cm³/mol. The maximum Gasteiger partial charge on any atom is 0.161 e. The van der Waals surface area contributed by atoms with Crippen LogP contribution in [-0.4, -0.2) is 16.5 Å². The van der Waals surface area contributed by atoms with Crippen LogP contribution in [0.3, 0.4) is 0 Å². The van der Waals surface area contributed by atoms with Gasteiger partial charge in [-0.25, -0.2) is 9.97 Å². The first-order chi connectivity index (χ1) is 9.56. The highest BCUT2D eigenvalue weighted by Crippen LogP contribution is 2.30. The second kappa shape index (κ2) is 6.74. The van der Waals surface area contributed by atoms with Crippen LogP contribution >= 0.6 is 39.1 Å². The van der Waals surface area contributed by atoms with Crippen molar-refractivity contribution in [2.75, 3.05) is 11.9 Å². The highest BCUT2D eigenvalue weighted by atomic mass is 79.9. The molecule has 0 fully saturated rings. The van der Waals surface area contributed by atoms with Crippen LogP contribution in [0.4, 0.5) is 5.82 Å². The topological polar surface area (TPSA) is 37.8 Å². The first-order valence-corrected chi connectivity index (χ1v) is 7.87. The molecule has 0 saturated carbocycles. The van der Waals surface area contributed by atoms with Crippen LogP contribution in [0.5, 0.6) is 0 Å². The number of aromatic nitrogens is 2. The van der Waals surface area contributed by atoms with E-state index in [1.54, 1.807) is 12.1 Å². The first-order valence-electron chi connectivity index (χ1n) is 6.32. The fraction of sp³-hybridized carbons (Fsp3) is 0.286. The number of hydrogen-bond donors (Lipinski definition) is 1. The summed E-state index contributed by atoms with van der Waals surface area (Å²) in [6.45, 7) is 4.88. The summed E-state index contributed by atoms with van der Waals surface area (Å²) in [6.07, 6.45) is 0.815. The van der Waals surface area contributed by atoms with Crippen LogP contribution in [0, 0.1) is 0 Å². The van der Waals surface area contributed by atoms with Crippen molar-refractivity contribution in [1.82, 2.24) is 9.97 Å². The van der Waals surface area contributed by atoms with E-state index in [2.05, 4.69) is 38.1 Å². The number of nitrogens with zero attached hydrogens (tertiary/aromatic N) is 2. The van der Waals surface area contributed by atoms with Gasteiger partial charge in [0, 0.05) is 12.1 Å². The largest absolute Gasteiger partial charge is 0.369 e. The molecule has 1 heterocycles. The summed E-state index contributed by atoms with van der Waals surface area (Å²) in [7, 11) is 0. The number of halogens is 3. The van der Waals surface area contributed by atoms with E-state index >= 15 is 0 Å². The molecule has 0 spiro atoms. The second-order valence-corrected chi connectivity index (χ2v) is 5.78. The van der Waals surface area contributed by atoms with Crippen LogP contribution in [0.2, 0.25) is 10.0 Å². The smallest absolute Gasteiger partial charge is 0.161 e. The normalized spacial score (nSPS) is 10.7. The molecule has 1 aromatic carbocycles. The highest BCUT2D eigenvalue weighted by Gasteiger charge is 2.12. The van der Waals surface area contributed by atoms with Crippen LogP contribution in [-0.2, 0) is 6.42 Å². The van der Waals surface area contributed by atoms with Gasteiger partial charge in [-0.15, -0.1) is 0 Å². The van der Waals surface area contributed by atoms with E-state index in [1.807, 2.05) is 13.0 Å². The van der Waals surface area contributed by atoms with Gasteiger partial charge < -0.3 is 5.32 Å². The van der Waals surface area contributed by atoms with E-state index in [-0.39, 0.29) is 0 Å². The van der Waals surface area contributed by atoms with Gasteiger partial charge in [0.2, 0.25) is 0 Å². The Morgan fingerprint density at radius 3 is 2.50 bits per heavy atom. The molecule has 3 nitrogen and oxygen atoms in total. The average molecular weight is 375 g/mol. The molecule has 2 rings (SSSR count). The molecule has 6 heteroatoms. The zero-order chi connectivity index (χ0) is 14.7. The first kappa shape index (κ1) is 15.5. The third-order valence-electron chi connectivity index (χ3n) is 2.78. The molecule has 2 aromatic rings. The molecule has 0 amide bonds. The van der Waals surface area contributed by atoms with E-state index in [0.29, 0.717) is 15.9 Å². The Morgan fingerprint density at radius 2 is 1.90 bits per heavy atom. The quantitative estimate of drug-likeness (QED) is 0.798. The van der Waals surface area contributed by atoms with E-state index < -0.39 is 0 Å². The third kappa shape index (κ3) is 3.25. The number of benzene rings is 1. The van der Waals surface area contributed by atoms with Gasteiger partial charge in [0.15, 0.2) is 5.82 Å². The summed E-state index contributed by atoms with van der Waals surface area (Å²) < 4.78 is 0.908. The monoisotopic (exact) mass is 373 g/mol. The molecule has 0 bridgehead atoms. The highest BCUT2D eigenvalue weighted by molar-refractivity contribution is 9.10. The van der Waals surface area contributed by atoms with Gasteiger partial charge >= 0.3 is 0 Å². The van der Waals surface area contributed by atoms with Gasteiger partial charge in [0.25, 0.3) is 0 Å². The maximum absolute atomic E-state index is 6.06. The molecule has 0 atom stereocenters. The fourth-order valence-corrected chi connectivity index (χ4v) is 2.67. The lowest BCUT2D eigenvalue weighted by atomic mass is 10.2. The molecule has 1 N–H and O–H groups in total. The van der Waals surface area contributed by atoms with Crippen LogP contribution in [0.25, 0.3) is 11.4 Å². The number of aryl methyl sites for hydroxylation is 1. The molecular formula is C14H14BrCl2N3. The maximum atomic E-state index is 6.06. The SMILES string of the molecule is CCNc1nc(-c2ccc(Cl)c(Cl)c2)nc(CC)c1Br. The molecule has 106 valence electrons. The van der Waals surface area contributed by atoms with Crippen molar-refractivity contribution < 1.29 is 0 Å². The van der Waals surface area contributed by atoms with Crippen LogP contribution in [0.15, 0.2) is 22.7 Å². The Hall–Kier alpha value is -0.840. The van der Waals surface area contributed by atoms with Gasteiger partial charge in [-0.05, 0) is 47.5 Å². The van der Waals surface area contributed by atoms with Gasteiger partial charge in [-0.3, -0.25) is 0 Å². The molecule has 0 aliphatic heterocycles. The van der Waals surface area contributed by atoms with Crippen LogP contribution < -0.4 is 5.32 Å². The lowest BCUT2D eigenvalue weighted by Crippen LogP contribution is -2.05. The van der Waals surface area contributed by atoms with Crippen molar-refractivity contribution in [3.05, 3.63) is 38.4 Å². The molecule has 20 heavy (non-hydrogen) atoms. The van der Waals surface area contributed by atoms with E-state index in [1.165, 1.54) is 0 Å². The predicted octanol–water partition coefficient (Wildman–Crippen LogP) is 5.21. The van der Waals surface area contributed by atoms with E-state index in [9.17, 15) is 0 Å². The van der Waals surface area contributed by atoms with Gasteiger partial charge in [0.05, 0.1) is 20.2 Å². The van der Waals surface area contributed by atoms with Gasteiger partial charge in [-0.1, -0.05) is 30.1 Å². The fourth-order valence-electron chi connectivity index (χ4n) is 1.78. The average Bonchev–Trinajstić information content (AvgIpc) is 2.44. The summed E-state index contributed by atoms with van der Waals surface area (Å²) in [5, 5.41) is 4.25. The summed E-state index contributed by atoms with van der Waals surface area (Å²) in [5.74, 6) is 1.43. The minimum Gasteiger partial charge on any atom is -0.369 e. The van der Waals surface area contributed by atoms with Crippen molar-refractivity contribution in [2.45, 2.75) is 20.3 Å². The van der Waals surface area contributed by atoms with E-state index in [0.717, 1.165) is 34.5 Å². The van der Waals surface area contributed by atoms with E-state index in [4.69, 9.17) is 23.2 Å². The number of rotatable bonds is 4. The van der Waals surface area contributed by atoms with Crippen molar-refractivity contribution in [3.63, 3.8) is 0 Å². The molecule has 0 aliphatic rings. The zero-order valence-electron chi connectivity index (χ0n) is 11.2. The minimum absolute atomic E-state index is 0.499. The Bertz CT molecular complexity index is 632. The van der Waals surface area contributed by atoms with Gasteiger partial charge in [0.1, 0.15) is 5.82 Å². The summed E-state index contributed by atoms with van der Waals surface area (Å²) in [4.78, 5) is 9.12. The molecule has 1 aromatic heterocycles.